The van der Waals surface area contributed by atoms with E-state index >= 15 is 0 Å². The van der Waals surface area contributed by atoms with E-state index in [9.17, 15) is 8.42 Å². The van der Waals surface area contributed by atoms with Crippen LogP contribution in [0, 0.1) is 5.92 Å². The van der Waals surface area contributed by atoms with Crippen LogP contribution in [0.4, 0.5) is 0 Å². The molecule has 0 radical (unpaired) electrons. The van der Waals surface area contributed by atoms with Gasteiger partial charge in [-0.1, -0.05) is 30.1 Å². The van der Waals surface area contributed by atoms with Crippen LogP contribution < -0.4 is 4.72 Å². The van der Waals surface area contributed by atoms with E-state index in [2.05, 4.69) is 9.71 Å². The Hall–Kier alpha value is -0.400. The zero-order valence-electron chi connectivity index (χ0n) is 10.4. The quantitative estimate of drug-likeness (QED) is 0.594. The van der Waals surface area contributed by atoms with Gasteiger partial charge >= 0.3 is 0 Å². The molecule has 0 fully saturated rings. The Labute approximate surface area is 123 Å². The third-order valence-electron chi connectivity index (χ3n) is 2.56. The lowest BCUT2D eigenvalue weighted by Crippen LogP contribution is -2.25. The maximum atomic E-state index is 11.9. The number of aliphatic hydroxyl groups excluding tert-OH is 1. The Kier molecular flexibility index (Phi) is 6.49. The van der Waals surface area contributed by atoms with Crippen LogP contribution in [0.5, 0.6) is 0 Å². The number of nitrogens with zero attached hydrogens (tertiary/aromatic N) is 1. The molecule has 8 heteroatoms. The fourth-order valence-electron chi connectivity index (χ4n) is 1.38. The number of aliphatic hydroxyl groups is 1. The number of rotatable bonds is 7. The Balaban J connectivity index is 2.58. The highest BCUT2D eigenvalue weighted by atomic mass is 35.5. The van der Waals surface area contributed by atoms with Crippen molar-refractivity contribution in [2.45, 2.75) is 24.7 Å². The van der Waals surface area contributed by atoms with Crippen molar-refractivity contribution >= 4 is 33.2 Å². The molecule has 0 saturated carbocycles. The molecule has 0 aliphatic rings. The van der Waals surface area contributed by atoms with Gasteiger partial charge < -0.3 is 5.11 Å². The summed E-state index contributed by atoms with van der Waals surface area (Å²) >= 11 is 11.4. The minimum Gasteiger partial charge on any atom is -0.396 e. The molecule has 0 amide bonds. The van der Waals surface area contributed by atoms with Gasteiger partial charge in [-0.25, -0.2) is 18.1 Å². The zero-order chi connectivity index (χ0) is 14.5. The summed E-state index contributed by atoms with van der Waals surface area (Å²) in [7, 11) is -3.62. The minimum atomic E-state index is -3.62. The predicted octanol–water partition coefficient (Wildman–Crippen LogP) is 2.08. The van der Waals surface area contributed by atoms with Gasteiger partial charge in [0.15, 0.2) is 0 Å². The SMILES string of the molecule is CC(CO)CCCNS(=O)(=O)c1cnc(Cl)c(Cl)c1. The van der Waals surface area contributed by atoms with E-state index in [-0.39, 0.29) is 27.6 Å². The van der Waals surface area contributed by atoms with E-state index in [1.165, 1.54) is 6.07 Å². The summed E-state index contributed by atoms with van der Waals surface area (Å²) in [6, 6.07) is 1.26. The Morgan fingerprint density at radius 2 is 2.16 bits per heavy atom. The van der Waals surface area contributed by atoms with E-state index in [4.69, 9.17) is 28.3 Å². The second-order valence-electron chi connectivity index (χ2n) is 4.27. The normalized spacial score (nSPS) is 13.5. The van der Waals surface area contributed by atoms with Crippen molar-refractivity contribution in [1.82, 2.24) is 9.71 Å². The summed E-state index contributed by atoms with van der Waals surface area (Å²) < 4.78 is 26.3. The lowest BCUT2D eigenvalue weighted by molar-refractivity contribution is 0.228. The first-order chi connectivity index (χ1) is 8.86. The van der Waals surface area contributed by atoms with Crippen LogP contribution in [0.15, 0.2) is 17.2 Å². The number of pyridine rings is 1. The molecule has 1 rings (SSSR count). The van der Waals surface area contributed by atoms with Crippen LogP contribution in [0.2, 0.25) is 10.2 Å². The molecule has 108 valence electrons. The lowest BCUT2D eigenvalue weighted by Gasteiger charge is -2.09. The molecular formula is C11H16Cl2N2O3S. The number of halogens is 2. The summed E-state index contributed by atoms with van der Waals surface area (Å²) in [5, 5.41) is 9.02. The Morgan fingerprint density at radius 1 is 1.47 bits per heavy atom. The fourth-order valence-corrected chi connectivity index (χ4v) is 2.76. The first kappa shape index (κ1) is 16.7. The topological polar surface area (TPSA) is 79.3 Å². The van der Waals surface area contributed by atoms with Gasteiger partial charge in [-0.3, -0.25) is 0 Å². The maximum Gasteiger partial charge on any atom is 0.242 e. The molecule has 1 aromatic rings. The average molecular weight is 327 g/mol. The van der Waals surface area contributed by atoms with E-state index < -0.39 is 10.0 Å². The van der Waals surface area contributed by atoms with Crippen molar-refractivity contribution in [3.05, 3.63) is 22.4 Å². The van der Waals surface area contributed by atoms with Gasteiger partial charge in [0.25, 0.3) is 0 Å². The van der Waals surface area contributed by atoms with E-state index in [0.29, 0.717) is 13.0 Å². The third-order valence-corrected chi connectivity index (χ3v) is 4.67. The van der Waals surface area contributed by atoms with Crippen molar-refractivity contribution in [3.8, 4) is 0 Å². The average Bonchev–Trinajstić information content (AvgIpc) is 2.37. The smallest absolute Gasteiger partial charge is 0.242 e. The van der Waals surface area contributed by atoms with Crippen LogP contribution in [0.25, 0.3) is 0 Å². The Morgan fingerprint density at radius 3 is 2.74 bits per heavy atom. The molecule has 0 aliphatic carbocycles. The molecule has 1 aromatic heterocycles. The maximum absolute atomic E-state index is 11.9. The molecule has 0 spiro atoms. The van der Waals surface area contributed by atoms with Crippen molar-refractivity contribution < 1.29 is 13.5 Å². The second-order valence-corrected chi connectivity index (χ2v) is 6.80. The summed E-state index contributed by atoms with van der Waals surface area (Å²) in [5.74, 6) is 0.163. The van der Waals surface area contributed by atoms with Gasteiger partial charge in [-0.05, 0) is 24.8 Å². The minimum absolute atomic E-state index is 0.0166. The van der Waals surface area contributed by atoms with E-state index in [1.807, 2.05) is 6.92 Å². The third kappa shape index (κ3) is 5.24. The van der Waals surface area contributed by atoms with Gasteiger partial charge in [0.1, 0.15) is 10.0 Å². The molecular weight excluding hydrogens is 311 g/mol. The van der Waals surface area contributed by atoms with Crippen LogP contribution in [0.3, 0.4) is 0 Å². The predicted molar refractivity (Wildman–Crippen MR) is 74.9 cm³/mol. The van der Waals surface area contributed by atoms with Crippen molar-refractivity contribution in [3.63, 3.8) is 0 Å². The number of nitrogens with one attached hydrogen (secondary N) is 1. The fraction of sp³-hybridized carbons (Fsp3) is 0.545. The van der Waals surface area contributed by atoms with Crippen LogP contribution >= 0.6 is 23.2 Å². The van der Waals surface area contributed by atoms with E-state index in [0.717, 1.165) is 12.6 Å². The lowest BCUT2D eigenvalue weighted by atomic mass is 10.1. The molecule has 1 heterocycles. The molecule has 0 aliphatic heterocycles. The highest BCUT2D eigenvalue weighted by Crippen LogP contribution is 2.21. The molecule has 0 aromatic carbocycles. The molecule has 19 heavy (non-hydrogen) atoms. The summed E-state index contributed by atoms with van der Waals surface area (Å²) in [6.07, 6.45) is 2.56. The molecule has 5 nitrogen and oxygen atoms in total. The van der Waals surface area contributed by atoms with Crippen LogP contribution in [-0.4, -0.2) is 31.7 Å². The molecule has 0 bridgehead atoms. The number of aromatic nitrogens is 1. The Bertz CT molecular complexity index is 523. The summed E-state index contributed by atoms with van der Waals surface area (Å²) in [4.78, 5) is 3.68. The molecule has 1 unspecified atom stereocenters. The summed E-state index contributed by atoms with van der Waals surface area (Å²) in [6.45, 7) is 2.30. The van der Waals surface area contributed by atoms with Crippen LogP contribution in [-0.2, 0) is 10.0 Å². The highest BCUT2D eigenvalue weighted by molar-refractivity contribution is 7.89. The summed E-state index contributed by atoms with van der Waals surface area (Å²) in [5.41, 5.74) is 0. The van der Waals surface area contributed by atoms with Gasteiger partial charge in [0.2, 0.25) is 10.0 Å². The largest absolute Gasteiger partial charge is 0.396 e. The standard InChI is InChI=1S/C11H16Cl2N2O3S/c1-8(7-16)3-2-4-15-19(17,18)9-5-10(12)11(13)14-6-9/h5-6,8,15-16H,2-4,7H2,1H3. The van der Waals surface area contributed by atoms with Gasteiger partial charge in [0, 0.05) is 19.3 Å². The van der Waals surface area contributed by atoms with Gasteiger partial charge in [-0.15, -0.1) is 0 Å². The monoisotopic (exact) mass is 326 g/mol. The molecule has 2 N–H and O–H groups in total. The van der Waals surface area contributed by atoms with E-state index in [1.54, 1.807) is 0 Å². The van der Waals surface area contributed by atoms with Crippen molar-refractivity contribution in [2.75, 3.05) is 13.2 Å². The number of hydrogen-bond donors (Lipinski definition) is 2. The first-order valence-corrected chi connectivity index (χ1v) is 8.02. The van der Waals surface area contributed by atoms with Gasteiger partial charge in [0.05, 0.1) is 5.02 Å². The highest BCUT2D eigenvalue weighted by Gasteiger charge is 2.15. The van der Waals surface area contributed by atoms with Crippen molar-refractivity contribution in [1.29, 1.82) is 0 Å². The van der Waals surface area contributed by atoms with Crippen LogP contribution in [0.1, 0.15) is 19.8 Å². The van der Waals surface area contributed by atoms with Crippen molar-refractivity contribution in [2.24, 2.45) is 5.92 Å². The molecule has 1 atom stereocenters. The number of sulfonamides is 1. The first-order valence-electron chi connectivity index (χ1n) is 5.78. The number of hydrogen-bond acceptors (Lipinski definition) is 4. The second kappa shape index (κ2) is 7.40. The van der Waals surface area contributed by atoms with Gasteiger partial charge in [-0.2, -0.15) is 0 Å². The molecule has 0 saturated heterocycles. The zero-order valence-corrected chi connectivity index (χ0v) is 12.8.